The molecule has 3 heteroatoms. The van der Waals surface area contributed by atoms with Crippen LogP contribution in [-0.2, 0) is 0 Å². The summed E-state index contributed by atoms with van der Waals surface area (Å²) in [5.41, 5.74) is 6.10. The highest BCUT2D eigenvalue weighted by Gasteiger charge is 2.34. The molecule has 2 aliphatic rings. The Labute approximate surface area is 120 Å². The summed E-state index contributed by atoms with van der Waals surface area (Å²) in [6, 6.07) is 0. The smallest absolute Gasteiger partial charge is 0.0797 e. The Kier molecular flexibility index (Phi) is 3.86. The monoisotopic (exact) mass is 274 g/mol. The number of nitrogens with zero attached hydrogens (tertiary/aromatic N) is 2. The lowest BCUT2D eigenvalue weighted by molar-refractivity contribution is 0.526. The second-order valence-corrected chi connectivity index (χ2v) is 6.11. The van der Waals surface area contributed by atoms with Crippen molar-refractivity contribution in [3.8, 4) is 0 Å². The van der Waals surface area contributed by atoms with Gasteiger partial charge in [0.1, 0.15) is 0 Å². The van der Waals surface area contributed by atoms with E-state index in [-0.39, 0.29) is 5.54 Å². The molecular weight excluding hydrogens is 252 g/mol. The lowest BCUT2D eigenvalue weighted by Crippen LogP contribution is -2.32. The zero-order valence-electron chi connectivity index (χ0n) is 12.7. The largest absolute Gasteiger partial charge is 0.289 e. The third-order valence-corrected chi connectivity index (χ3v) is 5.11. The SMILES string of the molecule is CCC1(C)N=C2C(SC)=CC(=NC)C=C2C(C)=C1C. The molecule has 0 saturated carbocycles. The molecule has 0 radical (unpaired) electrons. The Morgan fingerprint density at radius 2 is 2.00 bits per heavy atom. The van der Waals surface area contributed by atoms with Crippen LogP contribution in [0.25, 0.3) is 0 Å². The highest BCUT2D eigenvalue weighted by molar-refractivity contribution is 8.03. The van der Waals surface area contributed by atoms with Crippen LogP contribution >= 0.6 is 11.8 Å². The number of dihydropyridines is 1. The Bertz CT molecular complexity index is 561. The quantitative estimate of drug-likeness (QED) is 0.692. The molecule has 19 heavy (non-hydrogen) atoms. The highest BCUT2D eigenvalue weighted by Crippen LogP contribution is 2.40. The summed E-state index contributed by atoms with van der Waals surface area (Å²) in [7, 11) is 1.84. The van der Waals surface area contributed by atoms with E-state index in [9.17, 15) is 0 Å². The van der Waals surface area contributed by atoms with E-state index in [1.807, 2.05) is 7.05 Å². The summed E-state index contributed by atoms with van der Waals surface area (Å²) in [6.07, 6.45) is 7.43. The van der Waals surface area contributed by atoms with Gasteiger partial charge in [-0.05, 0) is 56.7 Å². The minimum absolute atomic E-state index is 0.0631. The first-order valence-corrected chi connectivity index (χ1v) is 7.92. The minimum atomic E-state index is -0.0631. The van der Waals surface area contributed by atoms with Crippen molar-refractivity contribution < 1.29 is 0 Å². The van der Waals surface area contributed by atoms with Crippen LogP contribution in [0.5, 0.6) is 0 Å². The van der Waals surface area contributed by atoms with E-state index in [4.69, 9.17) is 4.99 Å². The lowest BCUT2D eigenvalue weighted by Gasteiger charge is -2.35. The van der Waals surface area contributed by atoms with Crippen molar-refractivity contribution in [3.05, 3.63) is 33.8 Å². The topological polar surface area (TPSA) is 24.7 Å². The van der Waals surface area contributed by atoms with Gasteiger partial charge < -0.3 is 0 Å². The van der Waals surface area contributed by atoms with Gasteiger partial charge in [-0.1, -0.05) is 6.92 Å². The van der Waals surface area contributed by atoms with Gasteiger partial charge in [0, 0.05) is 17.5 Å². The number of fused-ring (bicyclic) bond motifs is 1. The van der Waals surface area contributed by atoms with E-state index in [0.29, 0.717) is 0 Å². The van der Waals surface area contributed by atoms with Crippen LogP contribution in [0.4, 0.5) is 0 Å². The molecule has 0 N–H and O–H groups in total. The summed E-state index contributed by atoms with van der Waals surface area (Å²) in [5.74, 6) is 0. The highest BCUT2D eigenvalue weighted by atomic mass is 32.2. The van der Waals surface area contributed by atoms with Crippen LogP contribution in [0, 0.1) is 0 Å². The van der Waals surface area contributed by atoms with Gasteiger partial charge in [-0.2, -0.15) is 0 Å². The van der Waals surface area contributed by atoms with Gasteiger partial charge in [0.15, 0.2) is 0 Å². The van der Waals surface area contributed by atoms with Crippen LogP contribution < -0.4 is 0 Å². The zero-order chi connectivity index (χ0) is 14.2. The average molecular weight is 274 g/mol. The maximum Gasteiger partial charge on any atom is 0.0797 e. The standard InChI is InChI=1S/C16H22N2S/c1-7-16(4)11(3)10(2)13-8-12(17-5)9-14(19-6)15(13)18-16/h8-9H,7H2,1-6H3. The fourth-order valence-electron chi connectivity index (χ4n) is 2.56. The van der Waals surface area contributed by atoms with Crippen molar-refractivity contribution in [2.75, 3.05) is 13.3 Å². The minimum Gasteiger partial charge on any atom is -0.289 e. The molecule has 102 valence electrons. The Morgan fingerprint density at radius 1 is 1.32 bits per heavy atom. The number of aliphatic imine (C=N–C) groups is 2. The molecule has 0 saturated heterocycles. The summed E-state index contributed by atoms with van der Waals surface area (Å²) in [5, 5.41) is 0. The Morgan fingerprint density at radius 3 is 2.53 bits per heavy atom. The molecule has 2 rings (SSSR count). The van der Waals surface area contributed by atoms with Crippen molar-refractivity contribution >= 4 is 23.2 Å². The van der Waals surface area contributed by atoms with E-state index >= 15 is 0 Å². The second kappa shape index (κ2) is 5.12. The van der Waals surface area contributed by atoms with Gasteiger partial charge in [-0.15, -0.1) is 11.8 Å². The summed E-state index contributed by atoms with van der Waals surface area (Å²) < 4.78 is 0. The van der Waals surface area contributed by atoms with Crippen LogP contribution in [-0.4, -0.2) is 30.3 Å². The summed E-state index contributed by atoms with van der Waals surface area (Å²) in [4.78, 5) is 10.6. The van der Waals surface area contributed by atoms with Crippen LogP contribution in [0.2, 0.25) is 0 Å². The molecule has 1 unspecified atom stereocenters. The molecule has 0 fully saturated rings. The van der Waals surface area contributed by atoms with Gasteiger partial charge in [0.25, 0.3) is 0 Å². The molecular formula is C16H22N2S. The number of hydrogen-bond donors (Lipinski definition) is 0. The van der Waals surface area contributed by atoms with Gasteiger partial charge >= 0.3 is 0 Å². The first-order valence-electron chi connectivity index (χ1n) is 6.70. The predicted molar refractivity (Wildman–Crippen MR) is 87.5 cm³/mol. The normalized spacial score (nSPS) is 28.9. The summed E-state index contributed by atoms with van der Waals surface area (Å²) in [6.45, 7) is 8.86. The number of rotatable bonds is 2. The molecule has 1 aliphatic heterocycles. The second-order valence-electron chi connectivity index (χ2n) is 5.26. The van der Waals surface area contributed by atoms with E-state index in [1.54, 1.807) is 11.8 Å². The molecule has 1 aliphatic carbocycles. The van der Waals surface area contributed by atoms with Gasteiger partial charge in [-0.25, -0.2) is 0 Å². The van der Waals surface area contributed by atoms with Crippen molar-refractivity contribution in [1.29, 1.82) is 0 Å². The Hall–Kier alpha value is -1.09. The molecule has 0 spiro atoms. The predicted octanol–water partition coefficient (Wildman–Crippen LogP) is 4.20. The average Bonchev–Trinajstić information content (AvgIpc) is 2.44. The number of hydrogen-bond acceptors (Lipinski definition) is 3. The fourth-order valence-corrected chi connectivity index (χ4v) is 3.15. The van der Waals surface area contributed by atoms with Crippen molar-refractivity contribution in [2.45, 2.75) is 39.7 Å². The van der Waals surface area contributed by atoms with E-state index in [1.165, 1.54) is 21.6 Å². The van der Waals surface area contributed by atoms with Crippen LogP contribution in [0.1, 0.15) is 34.1 Å². The van der Waals surface area contributed by atoms with E-state index < -0.39 is 0 Å². The van der Waals surface area contributed by atoms with Gasteiger partial charge in [0.05, 0.1) is 17.0 Å². The molecule has 0 bridgehead atoms. The maximum atomic E-state index is 5.05. The third-order valence-electron chi connectivity index (χ3n) is 4.36. The van der Waals surface area contributed by atoms with E-state index in [0.717, 1.165) is 17.8 Å². The Balaban J connectivity index is 2.65. The first kappa shape index (κ1) is 14.3. The number of thioether (sulfide) groups is 1. The fraction of sp³-hybridized carbons (Fsp3) is 0.500. The van der Waals surface area contributed by atoms with Gasteiger partial charge in [0.2, 0.25) is 0 Å². The lowest BCUT2D eigenvalue weighted by atomic mass is 9.79. The molecule has 0 aromatic carbocycles. The molecule has 2 nitrogen and oxygen atoms in total. The van der Waals surface area contributed by atoms with Crippen molar-refractivity contribution in [1.82, 2.24) is 0 Å². The van der Waals surface area contributed by atoms with Gasteiger partial charge in [-0.3, -0.25) is 9.98 Å². The zero-order valence-corrected chi connectivity index (χ0v) is 13.5. The molecule has 0 aromatic rings. The first-order chi connectivity index (χ1) is 8.96. The summed E-state index contributed by atoms with van der Waals surface area (Å²) >= 11 is 1.75. The van der Waals surface area contributed by atoms with Crippen LogP contribution in [0.15, 0.2) is 43.8 Å². The molecule has 0 aromatic heterocycles. The molecule has 1 heterocycles. The van der Waals surface area contributed by atoms with Crippen molar-refractivity contribution in [3.63, 3.8) is 0 Å². The van der Waals surface area contributed by atoms with Crippen molar-refractivity contribution in [2.24, 2.45) is 9.98 Å². The molecule has 1 atom stereocenters. The number of allylic oxidation sites excluding steroid dienone is 5. The van der Waals surface area contributed by atoms with Crippen LogP contribution in [0.3, 0.4) is 0 Å². The van der Waals surface area contributed by atoms with E-state index in [2.05, 4.69) is 51.1 Å². The third kappa shape index (κ3) is 2.25. The maximum absolute atomic E-state index is 5.05. The molecule has 0 amide bonds.